The number of anilines is 1. The van der Waals surface area contributed by atoms with Crippen molar-refractivity contribution in [2.75, 3.05) is 31.1 Å². The molecule has 2 heterocycles. The first-order valence-corrected chi connectivity index (χ1v) is 7.26. The molecular weight excluding hydrogens is 296 g/mol. The molecule has 7 nitrogen and oxygen atoms in total. The normalized spacial score (nSPS) is 18.6. The predicted octanol–water partition coefficient (Wildman–Crippen LogP) is 1.45. The number of nitrogens with zero attached hydrogens (tertiary/aromatic N) is 4. The van der Waals surface area contributed by atoms with Gasteiger partial charge in [-0.15, -0.1) is 0 Å². The molecule has 1 aliphatic heterocycles. The summed E-state index contributed by atoms with van der Waals surface area (Å²) < 4.78 is 0. The van der Waals surface area contributed by atoms with Crippen LogP contribution in [-0.4, -0.2) is 58.0 Å². The van der Waals surface area contributed by atoms with Crippen molar-refractivity contribution >= 4 is 29.3 Å². The number of carboxylic acid groups (broad SMARTS) is 1. The third-order valence-corrected chi connectivity index (χ3v) is 4.07. The van der Waals surface area contributed by atoms with Crippen molar-refractivity contribution in [2.24, 2.45) is 0 Å². The van der Waals surface area contributed by atoms with E-state index < -0.39 is 6.09 Å². The van der Waals surface area contributed by atoms with Gasteiger partial charge in [-0.1, -0.05) is 0 Å². The second-order valence-corrected chi connectivity index (χ2v) is 5.51. The molecule has 1 amide bonds. The highest BCUT2D eigenvalue weighted by Gasteiger charge is 2.28. The van der Waals surface area contributed by atoms with Crippen LogP contribution < -0.4 is 4.90 Å². The van der Waals surface area contributed by atoms with Crippen LogP contribution in [0.1, 0.15) is 28.9 Å². The first-order valence-electron chi connectivity index (χ1n) is 6.88. The maximum absolute atomic E-state index is 12.0. The molecule has 0 saturated carbocycles. The molecule has 1 aliphatic carbocycles. The van der Waals surface area contributed by atoms with Crippen LogP contribution >= 0.6 is 11.6 Å². The van der Waals surface area contributed by atoms with Gasteiger partial charge in [0.05, 0.1) is 0 Å². The number of hydrogen-bond donors (Lipinski definition) is 1. The molecule has 0 unspecified atom stereocenters. The van der Waals surface area contributed by atoms with E-state index in [9.17, 15) is 9.59 Å². The minimum absolute atomic E-state index is 0.00553. The van der Waals surface area contributed by atoms with Gasteiger partial charge >= 0.3 is 6.09 Å². The van der Waals surface area contributed by atoms with Gasteiger partial charge in [-0.05, 0) is 24.4 Å². The van der Waals surface area contributed by atoms with E-state index in [2.05, 4.69) is 9.97 Å². The van der Waals surface area contributed by atoms with Gasteiger partial charge in [0, 0.05) is 38.2 Å². The highest BCUT2D eigenvalue weighted by atomic mass is 35.5. The van der Waals surface area contributed by atoms with Crippen molar-refractivity contribution in [3.8, 4) is 0 Å². The quantitative estimate of drug-likeness (QED) is 0.790. The van der Waals surface area contributed by atoms with Gasteiger partial charge in [0.2, 0.25) is 5.28 Å². The highest BCUT2D eigenvalue weighted by molar-refractivity contribution is 6.28. The van der Waals surface area contributed by atoms with Crippen LogP contribution in [0.2, 0.25) is 5.28 Å². The molecule has 21 heavy (non-hydrogen) atoms. The molecule has 0 aromatic carbocycles. The minimum Gasteiger partial charge on any atom is -0.465 e. The Morgan fingerprint density at radius 3 is 2.52 bits per heavy atom. The Hall–Kier alpha value is -1.89. The fraction of sp³-hybridized carbons (Fsp3) is 0.538. The number of amides is 1. The summed E-state index contributed by atoms with van der Waals surface area (Å²) in [6, 6.07) is 0. The summed E-state index contributed by atoms with van der Waals surface area (Å²) in [6.07, 6.45) is 1.13. The van der Waals surface area contributed by atoms with E-state index in [1.165, 1.54) is 4.90 Å². The SMILES string of the molecule is O=C1CCCc2c1nc(Cl)nc2N1CCN(C(=O)O)CC1. The van der Waals surface area contributed by atoms with Gasteiger partial charge in [0.15, 0.2) is 5.78 Å². The first kappa shape index (κ1) is 14.1. The van der Waals surface area contributed by atoms with Crippen LogP contribution in [0.4, 0.5) is 10.6 Å². The molecular formula is C13H15ClN4O3. The molecule has 1 aromatic rings. The van der Waals surface area contributed by atoms with E-state index >= 15 is 0 Å². The molecule has 1 fully saturated rings. The third-order valence-electron chi connectivity index (χ3n) is 3.90. The second-order valence-electron chi connectivity index (χ2n) is 5.18. The lowest BCUT2D eigenvalue weighted by molar-refractivity contribution is 0.0967. The Labute approximate surface area is 126 Å². The number of aromatic nitrogens is 2. The lowest BCUT2D eigenvalue weighted by atomic mass is 9.95. The number of carbonyl (C=O) groups is 2. The molecule has 0 spiro atoms. The van der Waals surface area contributed by atoms with E-state index in [0.29, 0.717) is 44.1 Å². The third kappa shape index (κ3) is 2.65. The average Bonchev–Trinajstić information content (AvgIpc) is 2.47. The largest absolute Gasteiger partial charge is 0.465 e. The Morgan fingerprint density at radius 2 is 1.86 bits per heavy atom. The van der Waals surface area contributed by atoms with Gasteiger partial charge in [-0.25, -0.2) is 14.8 Å². The Balaban J connectivity index is 1.89. The maximum Gasteiger partial charge on any atom is 0.407 e. The molecule has 112 valence electrons. The Bertz CT molecular complexity index is 599. The second kappa shape index (κ2) is 5.48. The fourth-order valence-electron chi connectivity index (χ4n) is 2.82. The topological polar surface area (TPSA) is 86.6 Å². The van der Waals surface area contributed by atoms with Gasteiger partial charge < -0.3 is 14.9 Å². The van der Waals surface area contributed by atoms with Crippen LogP contribution in [0, 0.1) is 0 Å². The summed E-state index contributed by atoms with van der Waals surface area (Å²) in [5.74, 6) is 0.689. The van der Waals surface area contributed by atoms with Crippen LogP contribution in [0.3, 0.4) is 0 Å². The summed E-state index contributed by atoms with van der Waals surface area (Å²) in [5.41, 5.74) is 1.27. The molecule has 1 saturated heterocycles. The van der Waals surface area contributed by atoms with Gasteiger partial charge in [0.25, 0.3) is 0 Å². The van der Waals surface area contributed by atoms with Crippen molar-refractivity contribution in [3.63, 3.8) is 0 Å². The smallest absolute Gasteiger partial charge is 0.407 e. The van der Waals surface area contributed by atoms with Crippen molar-refractivity contribution < 1.29 is 14.7 Å². The molecule has 1 N–H and O–H groups in total. The first-order chi connectivity index (χ1) is 10.1. The number of Topliss-reactive ketones (excluding diaryl/α,β-unsaturated/α-hetero) is 1. The number of halogens is 1. The Morgan fingerprint density at radius 1 is 1.14 bits per heavy atom. The van der Waals surface area contributed by atoms with E-state index in [0.717, 1.165) is 18.4 Å². The number of carbonyl (C=O) groups excluding carboxylic acids is 1. The number of ketones is 1. The van der Waals surface area contributed by atoms with Crippen molar-refractivity contribution in [3.05, 3.63) is 16.5 Å². The Kier molecular flexibility index (Phi) is 3.67. The fourth-order valence-corrected chi connectivity index (χ4v) is 2.99. The standard InChI is InChI=1S/C13H15ClN4O3/c14-12-15-10-8(2-1-3-9(10)19)11(16-12)17-4-6-18(7-5-17)13(20)21/h1-7H2,(H,20,21). The van der Waals surface area contributed by atoms with Crippen LogP contribution in [0.5, 0.6) is 0 Å². The van der Waals surface area contributed by atoms with Gasteiger partial charge in [-0.3, -0.25) is 4.79 Å². The summed E-state index contributed by atoms with van der Waals surface area (Å²) in [5, 5.41) is 9.05. The lowest BCUT2D eigenvalue weighted by Crippen LogP contribution is -2.49. The summed E-state index contributed by atoms with van der Waals surface area (Å²) in [4.78, 5) is 34.6. The lowest BCUT2D eigenvalue weighted by Gasteiger charge is -2.35. The predicted molar refractivity (Wildman–Crippen MR) is 76.1 cm³/mol. The van der Waals surface area contributed by atoms with E-state index in [-0.39, 0.29) is 11.1 Å². The van der Waals surface area contributed by atoms with E-state index in [4.69, 9.17) is 16.7 Å². The molecule has 0 atom stereocenters. The monoisotopic (exact) mass is 310 g/mol. The number of piperazine rings is 1. The van der Waals surface area contributed by atoms with Gasteiger partial charge in [0.1, 0.15) is 11.5 Å². The highest BCUT2D eigenvalue weighted by Crippen LogP contribution is 2.29. The number of hydrogen-bond acceptors (Lipinski definition) is 5. The van der Waals surface area contributed by atoms with E-state index in [1.807, 2.05) is 4.90 Å². The zero-order valence-corrected chi connectivity index (χ0v) is 12.1. The molecule has 1 aromatic heterocycles. The zero-order valence-electron chi connectivity index (χ0n) is 11.4. The molecule has 8 heteroatoms. The van der Waals surface area contributed by atoms with Crippen molar-refractivity contribution in [1.29, 1.82) is 0 Å². The summed E-state index contributed by atoms with van der Waals surface area (Å²) in [7, 11) is 0. The number of rotatable bonds is 1. The average molecular weight is 311 g/mol. The zero-order chi connectivity index (χ0) is 15.0. The molecule has 0 bridgehead atoms. The van der Waals surface area contributed by atoms with E-state index in [1.54, 1.807) is 0 Å². The van der Waals surface area contributed by atoms with Crippen LogP contribution in [0.15, 0.2) is 0 Å². The van der Waals surface area contributed by atoms with Gasteiger partial charge in [-0.2, -0.15) is 0 Å². The van der Waals surface area contributed by atoms with Crippen molar-refractivity contribution in [2.45, 2.75) is 19.3 Å². The summed E-state index contributed by atoms with van der Waals surface area (Å²) >= 11 is 5.94. The van der Waals surface area contributed by atoms with Crippen molar-refractivity contribution in [1.82, 2.24) is 14.9 Å². The molecule has 0 radical (unpaired) electrons. The minimum atomic E-state index is -0.910. The van der Waals surface area contributed by atoms with Crippen LogP contribution in [-0.2, 0) is 6.42 Å². The van der Waals surface area contributed by atoms with Crippen LogP contribution in [0.25, 0.3) is 0 Å². The molecule has 2 aliphatic rings. The number of fused-ring (bicyclic) bond motifs is 1. The maximum atomic E-state index is 12.0. The molecule has 3 rings (SSSR count). The summed E-state index contributed by atoms with van der Waals surface area (Å²) in [6.45, 7) is 1.92.